The summed E-state index contributed by atoms with van der Waals surface area (Å²) in [6.07, 6.45) is 0. The van der Waals surface area contributed by atoms with Crippen LogP contribution < -0.4 is 0 Å². The first-order valence-corrected chi connectivity index (χ1v) is 18.8. The van der Waals surface area contributed by atoms with Gasteiger partial charge in [0.15, 0.2) is 17.5 Å². The Labute approximate surface area is 320 Å². The fourth-order valence-corrected chi connectivity index (χ4v) is 8.98. The van der Waals surface area contributed by atoms with Gasteiger partial charge in [-0.15, -0.1) is 0 Å². The number of fused-ring (bicyclic) bond motifs is 10. The van der Waals surface area contributed by atoms with Gasteiger partial charge in [0.25, 0.3) is 0 Å². The monoisotopic (exact) mass is 699 g/mol. The summed E-state index contributed by atoms with van der Waals surface area (Å²) >= 11 is 0. The molecule has 8 aromatic carbocycles. The molecule has 256 valence electrons. The van der Waals surface area contributed by atoms with Gasteiger partial charge in [0.2, 0.25) is 0 Å². The molecule has 0 saturated heterocycles. The molecule has 1 spiro atoms. The molecule has 0 radical (unpaired) electrons. The molecule has 1 aromatic heterocycles. The van der Waals surface area contributed by atoms with Crippen LogP contribution in [-0.2, 0) is 5.41 Å². The molecule has 1 heterocycles. The summed E-state index contributed by atoms with van der Waals surface area (Å²) in [5, 5.41) is 0. The Balaban J connectivity index is 0.968. The highest BCUT2D eigenvalue weighted by molar-refractivity contribution is 6.00. The highest BCUT2D eigenvalue weighted by atomic mass is 15.0. The number of hydrogen-bond acceptors (Lipinski definition) is 3. The summed E-state index contributed by atoms with van der Waals surface area (Å²) in [6, 6.07) is 71.6. The van der Waals surface area contributed by atoms with Gasteiger partial charge in [0, 0.05) is 16.7 Å². The summed E-state index contributed by atoms with van der Waals surface area (Å²) in [4.78, 5) is 14.7. The van der Waals surface area contributed by atoms with Gasteiger partial charge < -0.3 is 0 Å². The maximum absolute atomic E-state index is 4.92. The van der Waals surface area contributed by atoms with Crippen molar-refractivity contribution in [3.63, 3.8) is 0 Å². The maximum atomic E-state index is 4.92. The zero-order valence-corrected chi connectivity index (χ0v) is 29.9. The summed E-state index contributed by atoms with van der Waals surface area (Å²) in [5.74, 6) is 1.97. The lowest BCUT2D eigenvalue weighted by atomic mass is 9.70. The van der Waals surface area contributed by atoms with E-state index in [1.165, 1.54) is 55.6 Å². The maximum Gasteiger partial charge on any atom is 0.164 e. The van der Waals surface area contributed by atoms with Crippen LogP contribution in [0, 0.1) is 0 Å². The number of hydrogen-bond donors (Lipinski definition) is 0. The molecule has 0 fully saturated rings. The molecule has 0 unspecified atom stereocenters. The summed E-state index contributed by atoms with van der Waals surface area (Å²) in [5.41, 5.74) is 18.0. The van der Waals surface area contributed by atoms with Gasteiger partial charge in [-0.1, -0.05) is 200 Å². The van der Waals surface area contributed by atoms with Crippen molar-refractivity contribution in [2.75, 3.05) is 0 Å². The van der Waals surface area contributed by atoms with Crippen LogP contribution >= 0.6 is 0 Å². The standard InChI is InChI=1S/C52H33N3/c1-3-14-37(15-4-1)49-53-50(38-16-5-2-6-17-38)55-51(54-49)39-32-28-35(29-33-39)34-26-30-36(31-27-34)40-21-13-25-47-48(40)43-20-9-12-24-46(43)52(47)44-22-10-7-18-41(44)42-19-8-11-23-45(42)52/h1-33H. The molecule has 9 aromatic rings. The molecule has 0 atom stereocenters. The highest BCUT2D eigenvalue weighted by Crippen LogP contribution is 2.63. The van der Waals surface area contributed by atoms with Crippen LogP contribution in [0.1, 0.15) is 22.3 Å². The minimum absolute atomic E-state index is 0.348. The van der Waals surface area contributed by atoms with E-state index in [0.717, 1.165) is 27.8 Å². The first-order valence-electron chi connectivity index (χ1n) is 18.8. The van der Waals surface area contributed by atoms with Crippen LogP contribution in [0.2, 0.25) is 0 Å². The Hall–Kier alpha value is -7.23. The van der Waals surface area contributed by atoms with Crippen molar-refractivity contribution >= 4 is 0 Å². The fraction of sp³-hybridized carbons (Fsp3) is 0.0192. The smallest absolute Gasteiger partial charge is 0.164 e. The van der Waals surface area contributed by atoms with Crippen LogP contribution in [0.15, 0.2) is 200 Å². The summed E-state index contributed by atoms with van der Waals surface area (Å²) in [7, 11) is 0. The second kappa shape index (κ2) is 12.4. The second-order valence-electron chi connectivity index (χ2n) is 14.3. The molecule has 0 aliphatic heterocycles. The third kappa shape index (κ3) is 4.80. The largest absolute Gasteiger partial charge is 0.208 e. The summed E-state index contributed by atoms with van der Waals surface area (Å²) < 4.78 is 0. The lowest BCUT2D eigenvalue weighted by molar-refractivity contribution is 0.794. The predicted octanol–water partition coefficient (Wildman–Crippen LogP) is 12.6. The lowest BCUT2D eigenvalue weighted by Gasteiger charge is -2.30. The molecule has 3 heteroatoms. The SMILES string of the molecule is c1ccc(-c2nc(-c3ccccc3)nc(-c3ccc(-c4ccc(-c5cccc6c5-c5ccccc5C65c6ccccc6-c6ccccc65)cc4)cc3)n2)cc1. The van der Waals surface area contributed by atoms with Gasteiger partial charge in [0.1, 0.15) is 0 Å². The first kappa shape index (κ1) is 31.3. The molecule has 11 rings (SSSR count). The van der Waals surface area contributed by atoms with E-state index in [1.807, 2.05) is 60.7 Å². The van der Waals surface area contributed by atoms with Crippen molar-refractivity contribution in [3.8, 4) is 78.7 Å². The van der Waals surface area contributed by atoms with Crippen molar-refractivity contribution in [1.29, 1.82) is 0 Å². The molecule has 0 N–H and O–H groups in total. The lowest BCUT2D eigenvalue weighted by Crippen LogP contribution is -2.25. The average molecular weight is 700 g/mol. The quantitative estimate of drug-likeness (QED) is 0.179. The zero-order valence-electron chi connectivity index (χ0n) is 29.9. The van der Waals surface area contributed by atoms with E-state index in [0.29, 0.717) is 17.5 Å². The van der Waals surface area contributed by atoms with Crippen molar-refractivity contribution < 1.29 is 0 Å². The average Bonchev–Trinajstić information content (AvgIpc) is 3.75. The van der Waals surface area contributed by atoms with E-state index in [4.69, 9.17) is 15.0 Å². The van der Waals surface area contributed by atoms with Crippen LogP contribution in [0.3, 0.4) is 0 Å². The van der Waals surface area contributed by atoms with E-state index >= 15 is 0 Å². The van der Waals surface area contributed by atoms with Crippen molar-refractivity contribution in [1.82, 2.24) is 15.0 Å². The first-order chi connectivity index (χ1) is 27.3. The normalized spacial score (nSPS) is 12.9. The van der Waals surface area contributed by atoms with Crippen molar-refractivity contribution in [2.24, 2.45) is 0 Å². The molecule has 55 heavy (non-hydrogen) atoms. The van der Waals surface area contributed by atoms with Crippen molar-refractivity contribution in [2.45, 2.75) is 5.41 Å². The number of benzene rings is 8. The van der Waals surface area contributed by atoms with Gasteiger partial charge in [-0.05, 0) is 66.8 Å². The number of aromatic nitrogens is 3. The van der Waals surface area contributed by atoms with Crippen LogP contribution in [0.4, 0.5) is 0 Å². The van der Waals surface area contributed by atoms with Crippen LogP contribution in [0.25, 0.3) is 78.7 Å². The number of nitrogens with zero attached hydrogens (tertiary/aromatic N) is 3. The second-order valence-corrected chi connectivity index (χ2v) is 14.3. The Morgan fingerprint density at radius 1 is 0.236 bits per heavy atom. The molecule has 2 aliphatic carbocycles. The van der Waals surface area contributed by atoms with Crippen LogP contribution in [-0.4, -0.2) is 15.0 Å². The van der Waals surface area contributed by atoms with Gasteiger partial charge in [-0.25, -0.2) is 15.0 Å². The highest BCUT2D eigenvalue weighted by Gasteiger charge is 2.51. The predicted molar refractivity (Wildman–Crippen MR) is 223 cm³/mol. The molecule has 0 bridgehead atoms. The Morgan fingerprint density at radius 3 is 1.09 bits per heavy atom. The molecular formula is C52H33N3. The topological polar surface area (TPSA) is 38.7 Å². The van der Waals surface area contributed by atoms with Crippen molar-refractivity contribution in [3.05, 3.63) is 222 Å². The summed E-state index contributed by atoms with van der Waals surface area (Å²) in [6.45, 7) is 0. The Bertz CT molecular complexity index is 2790. The van der Waals surface area contributed by atoms with Gasteiger partial charge in [-0.2, -0.15) is 0 Å². The minimum Gasteiger partial charge on any atom is -0.208 e. The van der Waals surface area contributed by atoms with Gasteiger partial charge in [0.05, 0.1) is 5.41 Å². The number of rotatable bonds is 5. The fourth-order valence-electron chi connectivity index (χ4n) is 8.98. The van der Waals surface area contributed by atoms with E-state index in [9.17, 15) is 0 Å². The zero-order chi connectivity index (χ0) is 36.3. The third-order valence-corrected chi connectivity index (χ3v) is 11.4. The Kier molecular flexibility index (Phi) is 7.08. The van der Waals surface area contributed by atoms with E-state index in [-0.39, 0.29) is 5.41 Å². The molecule has 2 aliphatic rings. The molecule has 3 nitrogen and oxygen atoms in total. The van der Waals surface area contributed by atoms with Crippen LogP contribution in [0.5, 0.6) is 0 Å². The van der Waals surface area contributed by atoms with E-state index in [2.05, 4.69) is 140 Å². The molecular weight excluding hydrogens is 667 g/mol. The third-order valence-electron chi connectivity index (χ3n) is 11.4. The molecule has 0 amide bonds. The van der Waals surface area contributed by atoms with Gasteiger partial charge >= 0.3 is 0 Å². The van der Waals surface area contributed by atoms with E-state index < -0.39 is 0 Å². The van der Waals surface area contributed by atoms with Gasteiger partial charge in [-0.3, -0.25) is 0 Å². The van der Waals surface area contributed by atoms with E-state index in [1.54, 1.807) is 0 Å². The minimum atomic E-state index is -0.348. The molecule has 0 saturated carbocycles. The Morgan fingerprint density at radius 2 is 0.582 bits per heavy atom.